The molecule has 0 aromatic heterocycles. The third-order valence-electron chi connectivity index (χ3n) is 15.1. The van der Waals surface area contributed by atoms with Crippen molar-refractivity contribution >= 4 is 35.1 Å². The largest absolute Gasteiger partial charge is 0.399 e. The fraction of sp³-hybridized carbons (Fsp3) is 0.312. The SMILES string of the molecule is CCC(=NOC)C1C(c2ccc(F)cc2)CC2CC(O)C1N2CCCN(CCSC(c1ccccc1)(c1ccccc1)c1ccccc1)CC(=O)NCCSC(c1ccccc1)(c1ccccc1)c1ccccc1. The van der Waals surface area contributed by atoms with E-state index in [4.69, 9.17) is 4.84 Å². The zero-order valence-corrected chi connectivity index (χ0v) is 44.2. The van der Waals surface area contributed by atoms with E-state index in [1.165, 1.54) is 45.5 Å². The molecule has 7 aromatic rings. The molecule has 2 saturated heterocycles. The average Bonchev–Trinajstić information content (AvgIpc) is 3.67. The highest BCUT2D eigenvalue weighted by Gasteiger charge is 2.53. The monoisotopic (exact) mass is 1020 g/mol. The lowest BCUT2D eigenvalue weighted by Crippen LogP contribution is -2.53. The Hall–Kier alpha value is -6.01. The number of carbonyl (C=O) groups excluding carboxylic acids is 1. The molecular formula is C64H69FN4O3S2. The number of benzene rings is 7. The molecule has 7 aromatic carbocycles. The van der Waals surface area contributed by atoms with Gasteiger partial charge in [-0.15, -0.1) is 23.5 Å². The van der Waals surface area contributed by atoms with Gasteiger partial charge in [-0.25, -0.2) is 4.39 Å². The predicted molar refractivity (Wildman–Crippen MR) is 304 cm³/mol. The Balaban J connectivity index is 0.953. The zero-order valence-electron chi connectivity index (χ0n) is 42.6. The molecule has 0 saturated carbocycles. The molecule has 10 heteroatoms. The number of rotatable bonds is 24. The van der Waals surface area contributed by atoms with Crippen molar-refractivity contribution in [2.24, 2.45) is 11.1 Å². The maximum absolute atomic E-state index is 14.4. The second-order valence-corrected chi connectivity index (χ2v) is 22.1. The van der Waals surface area contributed by atoms with Gasteiger partial charge < -0.3 is 15.3 Å². The lowest BCUT2D eigenvalue weighted by Gasteiger charge is -2.45. The predicted octanol–water partition coefficient (Wildman–Crippen LogP) is 12.4. The molecule has 2 aliphatic rings. The van der Waals surface area contributed by atoms with E-state index in [0.29, 0.717) is 38.2 Å². The van der Waals surface area contributed by atoms with Crippen molar-refractivity contribution in [1.82, 2.24) is 15.1 Å². The summed E-state index contributed by atoms with van der Waals surface area (Å²) in [6.07, 6.45) is 2.45. The molecule has 9 rings (SSSR count). The minimum Gasteiger partial charge on any atom is -0.399 e. The lowest BCUT2D eigenvalue weighted by atomic mass is 9.72. The van der Waals surface area contributed by atoms with Gasteiger partial charge in [0.1, 0.15) is 12.9 Å². The zero-order chi connectivity index (χ0) is 51.2. The first-order valence-electron chi connectivity index (χ1n) is 26.2. The highest BCUT2D eigenvalue weighted by Crippen LogP contribution is 2.51. The molecule has 2 fully saturated rings. The van der Waals surface area contributed by atoms with Gasteiger partial charge in [0.05, 0.1) is 27.9 Å². The van der Waals surface area contributed by atoms with Gasteiger partial charge in [0.15, 0.2) is 0 Å². The van der Waals surface area contributed by atoms with Crippen LogP contribution >= 0.6 is 23.5 Å². The van der Waals surface area contributed by atoms with Crippen molar-refractivity contribution < 1.29 is 19.1 Å². The molecule has 74 heavy (non-hydrogen) atoms. The van der Waals surface area contributed by atoms with Crippen LogP contribution in [0.3, 0.4) is 0 Å². The number of nitrogens with one attached hydrogen (secondary N) is 1. The van der Waals surface area contributed by atoms with Gasteiger partial charge in [-0.3, -0.25) is 14.6 Å². The minimum absolute atomic E-state index is 0.000178. The summed E-state index contributed by atoms with van der Waals surface area (Å²) in [5.74, 6) is 1.17. The number of halogens is 1. The van der Waals surface area contributed by atoms with Gasteiger partial charge in [-0.05, 0) is 89.2 Å². The molecule has 2 aliphatic heterocycles. The second kappa shape index (κ2) is 25.5. The maximum Gasteiger partial charge on any atom is 0.234 e. The molecule has 2 bridgehead atoms. The fourth-order valence-corrected chi connectivity index (χ4v) is 14.9. The summed E-state index contributed by atoms with van der Waals surface area (Å²) in [5.41, 5.74) is 9.18. The first-order chi connectivity index (χ1) is 36.3. The molecule has 0 radical (unpaired) electrons. The Bertz CT molecular complexity index is 2640. The minimum atomic E-state index is -0.535. The van der Waals surface area contributed by atoms with E-state index < -0.39 is 15.6 Å². The molecule has 5 atom stereocenters. The van der Waals surface area contributed by atoms with Crippen LogP contribution in [0.2, 0.25) is 0 Å². The van der Waals surface area contributed by atoms with E-state index in [2.05, 4.69) is 209 Å². The van der Waals surface area contributed by atoms with E-state index in [-0.39, 0.29) is 42.2 Å². The van der Waals surface area contributed by atoms with Crippen molar-refractivity contribution in [3.8, 4) is 0 Å². The summed E-state index contributed by atoms with van der Waals surface area (Å²) in [5, 5.41) is 19.7. The van der Waals surface area contributed by atoms with Gasteiger partial charge in [0, 0.05) is 49.1 Å². The summed E-state index contributed by atoms with van der Waals surface area (Å²) in [4.78, 5) is 24.6. The van der Waals surface area contributed by atoms with Crippen LogP contribution in [0.15, 0.2) is 211 Å². The van der Waals surface area contributed by atoms with Crippen LogP contribution in [-0.2, 0) is 19.1 Å². The van der Waals surface area contributed by atoms with Crippen LogP contribution < -0.4 is 5.32 Å². The number of thioether (sulfide) groups is 2. The molecule has 2 N–H and O–H groups in total. The van der Waals surface area contributed by atoms with Crippen LogP contribution in [0.1, 0.15) is 77.5 Å². The molecule has 0 aliphatic carbocycles. The number of piperidine rings is 1. The number of amides is 1. The van der Waals surface area contributed by atoms with E-state index in [0.717, 1.165) is 36.4 Å². The van der Waals surface area contributed by atoms with Crippen LogP contribution in [0.25, 0.3) is 0 Å². The molecule has 1 amide bonds. The van der Waals surface area contributed by atoms with E-state index in [1.807, 2.05) is 35.7 Å². The van der Waals surface area contributed by atoms with Crippen molar-refractivity contribution in [3.05, 3.63) is 251 Å². The number of aliphatic hydroxyl groups excluding tert-OH is 1. The Morgan fingerprint density at radius 3 is 1.54 bits per heavy atom. The molecule has 7 nitrogen and oxygen atoms in total. The summed E-state index contributed by atoms with van der Waals surface area (Å²) < 4.78 is 13.2. The summed E-state index contributed by atoms with van der Waals surface area (Å²) in [6.45, 7) is 4.99. The summed E-state index contributed by atoms with van der Waals surface area (Å²) >= 11 is 3.77. The Labute approximate surface area is 446 Å². The van der Waals surface area contributed by atoms with E-state index >= 15 is 0 Å². The average molecular weight is 1030 g/mol. The van der Waals surface area contributed by atoms with E-state index in [9.17, 15) is 14.3 Å². The van der Waals surface area contributed by atoms with E-state index in [1.54, 1.807) is 7.11 Å². The third-order valence-corrected chi connectivity index (χ3v) is 18.2. The van der Waals surface area contributed by atoms with Gasteiger partial charge >= 0.3 is 0 Å². The number of hydrogen-bond donors (Lipinski definition) is 2. The normalized spacial score (nSPS) is 19.1. The van der Waals surface area contributed by atoms with Crippen molar-refractivity contribution in [1.29, 1.82) is 0 Å². The number of hydrogen-bond acceptors (Lipinski definition) is 8. The molecular weight excluding hydrogens is 956 g/mol. The molecule has 2 heterocycles. The highest BCUT2D eigenvalue weighted by atomic mass is 32.2. The van der Waals surface area contributed by atoms with Crippen molar-refractivity contribution in [3.63, 3.8) is 0 Å². The van der Waals surface area contributed by atoms with Crippen LogP contribution in [0.4, 0.5) is 4.39 Å². The fourth-order valence-electron chi connectivity index (χ4n) is 11.9. The maximum atomic E-state index is 14.4. The quantitative estimate of drug-likeness (QED) is 0.0270. The molecule has 0 spiro atoms. The smallest absolute Gasteiger partial charge is 0.234 e. The summed E-state index contributed by atoms with van der Waals surface area (Å²) in [6, 6.07) is 71.3. The van der Waals surface area contributed by atoms with Crippen LogP contribution in [0.5, 0.6) is 0 Å². The van der Waals surface area contributed by atoms with Gasteiger partial charge in [0.25, 0.3) is 0 Å². The van der Waals surface area contributed by atoms with Crippen LogP contribution in [-0.4, -0.2) is 96.1 Å². The number of fused-ring (bicyclic) bond motifs is 2. The standard InChI is InChI=1S/C64H69FN4O3S2/c1-3-58(67-72-2)61-57(48-35-37-55(65)38-36-48)45-56-46-59(70)62(61)69(56)41-22-40-68(42-44-74-64(52-29-16-7-17-30-52,53-31-18-8-19-32-53)54-33-20-9-21-34-54)47-60(71)66-39-43-73-63(49-23-10-4-11-24-49,50-25-12-5-13-26-50)51-27-14-6-15-28-51/h4-21,23-38,56-57,59,61-62,70H,3,22,39-47H2,1-2H3,(H,66,71). The van der Waals surface area contributed by atoms with Crippen molar-refractivity contribution in [2.75, 3.05) is 51.3 Å². The Morgan fingerprint density at radius 1 is 0.662 bits per heavy atom. The highest BCUT2D eigenvalue weighted by molar-refractivity contribution is 8.00. The topological polar surface area (TPSA) is 77.4 Å². The number of aliphatic hydroxyl groups is 1. The molecule has 382 valence electrons. The number of carbonyl (C=O) groups is 1. The van der Waals surface area contributed by atoms with Crippen molar-refractivity contribution in [2.45, 2.75) is 66.2 Å². The number of nitrogens with zero attached hydrogens (tertiary/aromatic N) is 3. The van der Waals surface area contributed by atoms with Crippen LogP contribution in [0, 0.1) is 11.7 Å². The third kappa shape index (κ3) is 11.8. The first-order valence-corrected chi connectivity index (χ1v) is 28.2. The van der Waals surface area contributed by atoms with Gasteiger partial charge in [0.2, 0.25) is 5.91 Å². The lowest BCUT2D eigenvalue weighted by molar-refractivity contribution is -0.122. The van der Waals surface area contributed by atoms with Gasteiger partial charge in [-0.1, -0.05) is 206 Å². The Morgan fingerprint density at radius 2 is 1.11 bits per heavy atom. The molecule has 5 unspecified atom stereocenters. The number of oxime groups is 1. The van der Waals surface area contributed by atoms with Gasteiger partial charge in [-0.2, -0.15) is 0 Å². The summed E-state index contributed by atoms with van der Waals surface area (Å²) in [7, 11) is 1.58. The first kappa shape index (κ1) is 52.8. The second-order valence-electron chi connectivity index (χ2n) is 19.5. The Kier molecular flexibility index (Phi) is 18.2.